The molecule has 0 radical (unpaired) electrons. The van der Waals surface area contributed by atoms with Gasteiger partial charge >= 0.3 is 0 Å². The highest BCUT2D eigenvalue weighted by atomic mass is 32.2. The van der Waals surface area contributed by atoms with Crippen molar-refractivity contribution in [2.45, 2.75) is 37.1 Å². The minimum Gasteiger partial charge on any atom is -0.326 e. The molecule has 0 amide bonds. The quantitative estimate of drug-likeness (QED) is 0.831. The summed E-state index contributed by atoms with van der Waals surface area (Å²) >= 11 is 0. The molecule has 19 heavy (non-hydrogen) atoms. The predicted octanol–water partition coefficient (Wildman–Crippen LogP) is 1.61. The normalized spacial score (nSPS) is 21.3. The summed E-state index contributed by atoms with van der Waals surface area (Å²) in [6, 6.07) is 6.78. The topological polar surface area (TPSA) is 72.2 Å². The minimum absolute atomic E-state index is 0.282. The van der Waals surface area contributed by atoms with Crippen molar-refractivity contribution in [1.82, 2.24) is 4.72 Å². The van der Waals surface area contributed by atoms with E-state index in [4.69, 9.17) is 5.73 Å². The Morgan fingerprint density at radius 1 is 1.21 bits per heavy atom. The van der Waals surface area contributed by atoms with Crippen molar-refractivity contribution in [3.05, 3.63) is 29.8 Å². The van der Waals surface area contributed by atoms with E-state index < -0.39 is 10.0 Å². The first-order valence-corrected chi connectivity index (χ1v) is 8.33. The van der Waals surface area contributed by atoms with E-state index in [9.17, 15) is 8.42 Å². The van der Waals surface area contributed by atoms with Crippen LogP contribution in [0.25, 0.3) is 0 Å². The van der Waals surface area contributed by atoms with Crippen LogP contribution in [0.1, 0.15) is 31.2 Å². The molecule has 3 rings (SSSR count). The lowest BCUT2D eigenvalue weighted by Crippen LogP contribution is -2.31. The number of rotatable bonds is 6. The van der Waals surface area contributed by atoms with Gasteiger partial charge in [-0.05, 0) is 54.7 Å². The number of benzene rings is 1. The van der Waals surface area contributed by atoms with Gasteiger partial charge in [0.25, 0.3) is 0 Å². The summed E-state index contributed by atoms with van der Waals surface area (Å²) < 4.78 is 27.2. The van der Waals surface area contributed by atoms with Gasteiger partial charge < -0.3 is 5.73 Å². The second kappa shape index (κ2) is 4.58. The van der Waals surface area contributed by atoms with Gasteiger partial charge in [0.2, 0.25) is 10.0 Å². The minimum atomic E-state index is -3.38. The Bertz CT molecular complexity index is 558. The predicted molar refractivity (Wildman–Crippen MR) is 73.9 cm³/mol. The van der Waals surface area contributed by atoms with Crippen LogP contribution in [0.5, 0.6) is 0 Å². The summed E-state index contributed by atoms with van der Waals surface area (Å²) in [4.78, 5) is 0.330. The van der Waals surface area contributed by atoms with E-state index in [1.54, 1.807) is 24.3 Å². The molecule has 1 aromatic rings. The summed E-state index contributed by atoms with van der Waals surface area (Å²) in [6.07, 6.45) is 4.89. The van der Waals surface area contributed by atoms with Gasteiger partial charge in [-0.25, -0.2) is 13.1 Å². The van der Waals surface area contributed by atoms with Crippen LogP contribution in [0, 0.1) is 11.3 Å². The van der Waals surface area contributed by atoms with Crippen molar-refractivity contribution in [3.63, 3.8) is 0 Å². The third kappa shape index (κ3) is 2.68. The van der Waals surface area contributed by atoms with E-state index in [-0.39, 0.29) is 5.41 Å². The van der Waals surface area contributed by atoms with Crippen LogP contribution >= 0.6 is 0 Å². The maximum Gasteiger partial charge on any atom is 0.240 e. The molecule has 1 aromatic carbocycles. The van der Waals surface area contributed by atoms with Crippen LogP contribution < -0.4 is 10.5 Å². The second-order valence-corrected chi connectivity index (χ2v) is 7.58. The summed E-state index contributed by atoms with van der Waals surface area (Å²) in [5.74, 6) is 0.759. The van der Waals surface area contributed by atoms with Crippen LogP contribution in [0.2, 0.25) is 0 Å². The van der Waals surface area contributed by atoms with Gasteiger partial charge in [0.1, 0.15) is 0 Å². The molecule has 0 spiro atoms. The zero-order chi connectivity index (χ0) is 13.5. The zero-order valence-corrected chi connectivity index (χ0v) is 11.7. The number of hydrogen-bond acceptors (Lipinski definition) is 3. The number of nitrogens with two attached hydrogens (primary N) is 1. The van der Waals surface area contributed by atoms with E-state index in [2.05, 4.69) is 4.72 Å². The molecule has 5 heteroatoms. The largest absolute Gasteiger partial charge is 0.326 e. The highest BCUT2D eigenvalue weighted by molar-refractivity contribution is 7.89. The van der Waals surface area contributed by atoms with E-state index in [0.717, 1.165) is 11.5 Å². The van der Waals surface area contributed by atoms with Crippen LogP contribution in [0.15, 0.2) is 29.2 Å². The van der Waals surface area contributed by atoms with Gasteiger partial charge in [-0.3, -0.25) is 0 Å². The lowest BCUT2D eigenvalue weighted by molar-refractivity contribution is 0.432. The fourth-order valence-electron chi connectivity index (χ4n) is 2.71. The molecule has 4 nitrogen and oxygen atoms in total. The molecule has 3 N–H and O–H groups in total. The van der Waals surface area contributed by atoms with Gasteiger partial charge in [-0.15, -0.1) is 0 Å². The van der Waals surface area contributed by atoms with Gasteiger partial charge in [0, 0.05) is 13.1 Å². The molecule has 0 aliphatic heterocycles. The van der Waals surface area contributed by atoms with E-state index in [1.165, 1.54) is 25.7 Å². The molecule has 0 saturated heterocycles. The van der Waals surface area contributed by atoms with Crippen LogP contribution in [0.3, 0.4) is 0 Å². The number of nitrogens with one attached hydrogen (secondary N) is 1. The van der Waals surface area contributed by atoms with Crippen molar-refractivity contribution in [3.8, 4) is 0 Å². The lowest BCUT2D eigenvalue weighted by Gasteiger charge is -2.15. The molecular weight excluding hydrogens is 260 g/mol. The summed E-state index contributed by atoms with van der Waals surface area (Å²) in [5, 5.41) is 0. The summed E-state index contributed by atoms with van der Waals surface area (Å²) in [6.45, 7) is 1.02. The Morgan fingerprint density at radius 3 is 2.32 bits per heavy atom. The lowest BCUT2D eigenvalue weighted by atomic mass is 10.0. The molecular formula is C14H20N2O2S. The third-order valence-corrected chi connectivity index (χ3v) is 5.84. The number of sulfonamides is 1. The fraction of sp³-hybridized carbons (Fsp3) is 0.571. The molecule has 104 valence electrons. The SMILES string of the molecule is NCc1ccc(S(=O)(=O)NCC2(C3CC3)CC2)cc1. The Hall–Kier alpha value is -0.910. The van der Waals surface area contributed by atoms with Gasteiger partial charge in [-0.1, -0.05) is 12.1 Å². The van der Waals surface area contributed by atoms with E-state index >= 15 is 0 Å². The van der Waals surface area contributed by atoms with Crippen LogP contribution in [0.4, 0.5) is 0 Å². The molecule has 2 saturated carbocycles. The van der Waals surface area contributed by atoms with Crippen molar-refractivity contribution >= 4 is 10.0 Å². The molecule has 2 aliphatic rings. The third-order valence-electron chi connectivity index (χ3n) is 4.42. The average Bonchev–Trinajstić information content (AvgIpc) is 3.29. The fourth-order valence-corrected chi connectivity index (χ4v) is 3.85. The summed E-state index contributed by atoms with van der Waals surface area (Å²) in [5.41, 5.74) is 6.73. The zero-order valence-electron chi connectivity index (χ0n) is 10.9. The molecule has 0 heterocycles. The highest BCUT2D eigenvalue weighted by Crippen LogP contribution is 2.60. The number of hydrogen-bond donors (Lipinski definition) is 2. The standard InChI is InChI=1S/C14H20N2O2S/c15-9-11-1-5-13(6-2-11)19(17,18)16-10-14(7-8-14)12-3-4-12/h1-2,5-6,12,16H,3-4,7-10,15H2. The monoisotopic (exact) mass is 280 g/mol. The molecule has 0 unspecified atom stereocenters. The Kier molecular flexibility index (Phi) is 3.15. The summed E-state index contributed by atoms with van der Waals surface area (Å²) in [7, 11) is -3.38. The van der Waals surface area contributed by atoms with E-state index in [0.29, 0.717) is 18.0 Å². The van der Waals surface area contributed by atoms with Gasteiger partial charge in [-0.2, -0.15) is 0 Å². The second-order valence-electron chi connectivity index (χ2n) is 5.81. The first-order valence-electron chi connectivity index (χ1n) is 6.84. The van der Waals surface area contributed by atoms with Crippen molar-refractivity contribution in [2.75, 3.05) is 6.54 Å². The van der Waals surface area contributed by atoms with Crippen molar-refractivity contribution in [2.24, 2.45) is 17.1 Å². The maximum atomic E-state index is 12.2. The first-order chi connectivity index (χ1) is 9.06. The Morgan fingerprint density at radius 2 is 1.84 bits per heavy atom. The van der Waals surface area contributed by atoms with Crippen LogP contribution in [-0.4, -0.2) is 15.0 Å². The van der Waals surface area contributed by atoms with Gasteiger partial charge in [0.05, 0.1) is 4.90 Å². The average molecular weight is 280 g/mol. The van der Waals surface area contributed by atoms with E-state index in [1.807, 2.05) is 0 Å². The Labute approximate surface area is 114 Å². The molecule has 0 atom stereocenters. The Balaban J connectivity index is 1.67. The highest BCUT2D eigenvalue weighted by Gasteiger charge is 2.53. The first kappa shape index (κ1) is 13.1. The molecule has 2 fully saturated rings. The molecule has 0 aromatic heterocycles. The van der Waals surface area contributed by atoms with Crippen molar-refractivity contribution in [1.29, 1.82) is 0 Å². The van der Waals surface area contributed by atoms with Gasteiger partial charge in [0.15, 0.2) is 0 Å². The smallest absolute Gasteiger partial charge is 0.240 e. The molecule has 0 bridgehead atoms. The molecule has 2 aliphatic carbocycles. The van der Waals surface area contributed by atoms with Crippen molar-refractivity contribution < 1.29 is 8.42 Å². The van der Waals surface area contributed by atoms with Crippen LogP contribution in [-0.2, 0) is 16.6 Å². The maximum absolute atomic E-state index is 12.2.